The molecule has 0 bridgehead atoms. The SMILES string of the molecule is CC(O)c1c(-c2ccc(Cl)cc2)noc1C(=O)N1CCN(c2ccc(F)cc2)CC1. The van der Waals surface area contributed by atoms with Crippen molar-refractivity contribution in [3.8, 4) is 11.3 Å². The van der Waals surface area contributed by atoms with Crippen LogP contribution in [-0.2, 0) is 0 Å². The summed E-state index contributed by atoms with van der Waals surface area (Å²) in [5, 5.41) is 14.9. The molecule has 30 heavy (non-hydrogen) atoms. The van der Waals surface area contributed by atoms with Gasteiger partial charge in [-0.25, -0.2) is 4.39 Å². The zero-order valence-electron chi connectivity index (χ0n) is 16.4. The van der Waals surface area contributed by atoms with Crippen LogP contribution in [0.5, 0.6) is 0 Å². The summed E-state index contributed by atoms with van der Waals surface area (Å²) in [5.74, 6) is -0.539. The first-order valence-electron chi connectivity index (χ1n) is 9.67. The fourth-order valence-electron chi connectivity index (χ4n) is 3.62. The maximum absolute atomic E-state index is 13.1. The van der Waals surface area contributed by atoms with Gasteiger partial charge >= 0.3 is 0 Å². The minimum atomic E-state index is -0.929. The van der Waals surface area contributed by atoms with Gasteiger partial charge in [-0.05, 0) is 43.3 Å². The molecule has 0 aliphatic carbocycles. The zero-order valence-corrected chi connectivity index (χ0v) is 17.1. The van der Waals surface area contributed by atoms with Gasteiger partial charge < -0.3 is 19.4 Å². The fourth-order valence-corrected chi connectivity index (χ4v) is 3.74. The van der Waals surface area contributed by atoms with Gasteiger partial charge in [0.25, 0.3) is 5.91 Å². The molecule has 1 saturated heterocycles. The van der Waals surface area contributed by atoms with Crippen molar-refractivity contribution >= 4 is 23.2 Å². The van der Waals surface area contributed by atoms with E-state index >= 15 is 0 Å². The summed E-state index contributed by atoms with van der Waals surface area (Å²) >= 11 is 5.95. The lowest BCUT2D eigenvalue weighted by atomic mass is 10.0. The van der Waals surface area contributed by atoms with E-state index in [0.717, 1.165) is 5.69 Å². The molecule has 2 aromatic carbocycles. The van der Waals surface area contributed by atoms with E-state index in [2.05, 4.69) is 10.1 Å². The molecule has 0 radical (unpaired) electrons. The third-order valence-electron chi connectivity index (χ3n) is 5.22. The van der Waals surface area contributed by atoms with Crippen LogP contribution in [0, 0.1) is 5.82 Å². The van der Waals surface area contributed by atoms with E-state index in [1.54, 1.807) is 48.2 Å². The molecule has 2 heterocycles. The Morgan fingerprint density at radius 2 is 1.73 bits per heavy atom. The number of aliphatic hydroxyl groups excluding tert-OH is 1. The van der Waals surface area contributed by atoms with Crippen molar-refractivity contribution in [2.45, 2.75) is 13.0 Å². The molecule has 1 aromatic heterocycles. The summed E-state index contributed by atoms with van der Waals surface area (Å²) in [6.45, 7) is 3.76. The summed E-state index contributed by atoms with van der Waals surface area (Å²) in [6, 6.07) is 13.3. The van der Waals surface area contributed by atoms with Crippen LogP contribution in [0.3, 0.4) is 0 Å². The smallest absolute Gasteiger partial charge is 0.293 e. The minimum absolute atomic E-state index is 0.0465. The standard InChI is InChI=1S/C22H21ClFN3O3/c1-14(28)19-20(15-2-4-16(23)5-3-15)25-30-21(19)22(29)27-12-10-26(11-13-27)18-8-6-17(24)7-9-18/h2-9,14,28H,10-13H2,1H3. The van der Waals surface area contributed by atoms with Gasteiger partial charge in [-0.1, -0.05) is 28.9 Å². The number of piperazine rings is 1. The molecule has 156 valence electrons. The number of amides is 1. The second-order valence-electron chi connectivity index (χ2n) is 7.21. The summed E-state index contributed by atoms with van der Waals surface area (Å²) in [5.41, 5.74) is 2.41. The average molecular weight is 430 g/mol. The molecule has 1 N–H and O–H groups in total. The Hall–Kier alpha value is -2.90. The molecule has 6 nitrogen and oxygen atoms in total. The van der Waals surface area contributed by atoms with Crippen LogP contribution in [-0.4, -0.2) is 47.2 Å². The number of benzene rings is 2. The predicted molar refractivity (Wildman–Crippen MR) is 112 cm³/mol. The van der Waals surface area contributed by atoms with E-state index in [1.165, 1.54) is 12.1 Å². The van der Waals surface area contributed by atoms with Gasteiger partial charge in [-0.15, -0.1) is 0 Å². The highest BCUT2D eigenvalue weighted by molar-refractivity contribution is 6.30. The Labute approximate surface area is 178 Å². The highest BCUT2D eigenvalue weighted by atomic mass is 35.5. The fraction of sp³-hybridized carbons (Fsp3) is 0.273. The van der Waals surface area contributed by atoms with Crippen molar-refractivity contribution in [2.24, 2.45) is 0 Å². The molecular weight excluding hydrogens is 409 g/mol. The predicted octanol–water partition coefficient (Wildman–Crippen LogP) is 4.15. The number of rotatable bonds is 4. The van der Waals surface area contributed by atoms with Crippen LogP contribution in [0.4, 0.5) is 10.1 Å². The summed E-state index contributed by atoms with van der Waals surface area (Å²) in [4.78, 5) is 16.9. The second kappa shape index (κ2) is 8.45. The minimum Gasteiger partial charge on any atom is -0.388 e. The van der Waals surface area contributed by atoms with E-state index in [9.17, 15) is 14.3 Å². The zero-order chi connectivity index (χ0) is 21.3. The van der Waals surface area contributed by atoms with Crippen molar-refractivity contribution in [3.63, 3.8) is 0 Å². The average Bonchev–Trinajstić information content (AvgIpc) is 3.20. The number of carbonyl (C=O) groups excluding carboxylic acids is 1. The summed E-state index contributed by atoms with van der Waals surface area (Å²) in [6.07, 6.45) is -0.929. The molecule has 3 aromatic rings. The molecule has 0 spiro atoms. The largest absolute Gasteiger partial charge is 0.388 e. The van der Waals surface area contributed by atoms with Crippen LogP contribution in [0.2, 0.25) is 5.02 Å². The van der Waals surface area contributed by atoms with E-state index in [1.807, 2.05) is 0 Å². The van der Waals surface area contributed by atoms with Gasteiger partial charge in [0.2, 0.25) is 5.76 Å². The van der Waals surface area contributed by atoms with Gasteiger partial charge in [0.1, 0.15) is 11.5 Å². The van der Waals surface area contributed by atoms with Gasteiger partial charge in [0, 0.05) is 42.5 Å². The van der Waals surface area contributed by atoms with Crippen LogP contribution >= 0.6 is 11.6 Å². The number of aromatic nitrogens is 1. The van der Waals surface area contributed by atoms with Crippen molar-refractivity contribution in [3.05, 3.63) is 70.7 Å². The Bertz CT molecular complexity index is 1030. The van der Waals surface area contributed by atoms with E-state index < -0.39 is 6.10 Å². The van der Waals surface area contributed by atoms with Gasteiger partial charge in [-0.3, -0.25) is 4.79 Å². The van der Waals surface area contributed by atoms with Gasteiger partial charge in [0.05, 0.1) is 11.7 Å². The molecular formula is C22H21ClFN3O3. The van der Waals surface area contributed by atoms with E-state index in [0.29, 0.717) is 48.0 Å². The highest BCUT2D eigenvalue weighted by Gasteiger charge is 2.31. The van der Waals surface area contributed by atoms with Gasteiger partial charge in [-0.2, -0.15) is 0 Å². The first kappa shape index (κ1) is 20.4. The highest BCUT2D eigenvalue weighted by Crippen LogP contribution is 2.32. The molecule has 1 aliphatic rings. The number of halogens is 2. The topological polar surface area (TPSA) is 69.8 Å². The summed E-state index contributed by atoms with van der Waals surface area (Å²) < 4.78 is 18.5. The molecule has 1 fully saturated rings. The third-order valence-corrected chi connectivity index (χ3v) is 5.47. The Morgan fingerprint density at radius 1 is 1.10 bits per heavy atom. The summed E-state index contributed by atoms with van der Waals surface area (Å²) in [7, 11) is 0. The molecule has 8 heteroatoms. The normalized spacial score (nSPS) is 15.3. The Morgan fingerprint density at radius 3 is 2.33 bits per heavy atom. The van der Waals surface area contributed by atoms with E-state index in [-0.39, 0.29) is 17.5 Å². The molecule has 4 rings (SSSR count). The molecule has 1 amide bonds. The van der Waals surface area contributed by atoms with Gasteiger partial charge in [0.15, 0.2) is 0 Å². The van der Waals surface area contributed by atoms with Crippen LogP contribution < -0.4 is 4.90 Å². The molecule has 1 aliphatic heterocycles. The number of anilines is 1. The van der Waals surface area contributed by atoms with Crippen molar-refractivity contribution in [1.82, 2.24) is 10.1 Å². The quantitative estimate of drug-likeness (QED) is 0.674. The number of hydrogen-bond acceptors (Lipinski definition) is 5. The maximum atomic E-state index is 13.1. The number of aliphatic hydroxyl groups is 1. The lowest BCUT2D eigenvalue weighted by molar-refractivity contribution is 0.0696. The molecule has 1 atom stereocenters. The van der Waals surface area contributed by atoms with Crippen molar-refractivity contribution in [1.29, 1.82) is 0 Å². The van der Waals surface area contributed by atoms with Crippen LogP contribution in [0.25, 0.3) is 11.3 Å². The van der Waals surface area contributed by atoms with E-state index in [4.69, 9.17) is 16.1 Å². The molecule has 1 unspecified atom stereocenters. The number of hydrogen-bond donors (Lipinski definition) is 1. The number of nitrogens with zero attached hydrogens (tertiary/aromatic N) is 3. The lowest BCUT2D eigenvalue weighted by Crippen LogP contribution is -2.48. The Balaban J connectivity index is 1.52. The monoisotopic (exact) mass is 429 g/mol. The first-order chi connectivity index (χ1) is 14.4. The van der Waals surface area contributed by atoms with Crippen molar-refractivity contribution in [2.75, 3.05) is 31.1 Å². The first-order valence-corrected chi connectivity index (χ1v) is 10.0. The third kappa shape index (κ3) is 4.04. The second-order valence-corrected chi connectivity index (χ2v) is 7.65. The Kier molecular flexibility index (Phi) is 5.74. The van der Waals surface area contributed by atoms with Crippen LogP contribution in [0.1, 0.15) is 29.1 Å². The lowest BCUT2D eigenvalue weighted by Gasteiger charge is -2.35. The maximum Gasteiger partial charge on any atom is 0.293 e. The van der Waals surface area contributed by atoms with Crippen molar-refractivity contribution < 1.29 is 18.8 Å². The molecule has 0 saturated carbocycles. The number of carbonyl (C=O) groups is 1. The van der Waals surface area contributed by atoms with Crippen LogP contribution in [0.15, 0.2) is 53.1 Å².